The largest absolute Gasteiger partial charge is 0.370 e. The van der Waals surface area contributed by atoms with E-state index in [4.69, 9.17) is 0 Å². The Kier molecular flexibility index (Phi) is 6.56. The Balaban J connectivity index is 1.48. The standard InChI is InChI=1S/C23H26FN5OS/c1-3-29-22(17-10-5-4-9-16(17)2)26-27-23(29)31-15-20(30)25-21-18(24)11-8-12-19(21)28-13-6-7-14-28/h4-5,8-12H,3,6-7,13-15H2,1-2H3,(H,25,30). The molecule has 6 nitrogen and oxygen atoms in total. The second-order valence-corrected chi connectivity index (χ2v) is 8.47. The predicted molar refractivity (Wildman–Crippen MR) is 123 cm³/mol. The van der Waals surface area contributed by atoms with Crippen LogP contribution in [0.3, 0.4) is 0 Å². The van der Waals surface area contributed by atoms with Crippen LogP contribution in [0.1, 0.15) is 25.3 Å². The highest BCUT2D eigenvalue weighted by molar-refractivity contribution is 7.99. The number of hydrogen-bond donors (Lipinski definition) is 1. The zero-order valence-electron chi connectivity index (χ0n) is 17.8. The maximum atomic E-state index is 14.5. The first kappa shape index (κ1) is 21.4. The van der Waals surface area contributed by atoms with Gasteiger partial charge in [0.1, 0.15) is 11.5 Å². The third-order valence-electron chi connectivity index (χ3n) is 5.45. The summed E-state index contributed by atoms with van der Waals surface area (Å²) in [6.07, 6.45) is 2.16. The number of rotatable bonds is 7. The number of nitrogens with one attached hydrogen (secondary N) is 1. The third kappa shape index (κ3) is 4.58. The van der Waals surface area contributed by atoms with Crippen molar-refractivity contribution in [2.75, 3.05) is 29.1 Å². The zero-order valence-corrected chi connectivity index (χ0v) is 18.6. The van der Waals surface area contributed by atoms with E-state index in [1.54, 1.807) is 6.07 Å². The van der Waals surface area contributed by atoms with Gasteiger partial charge in [0, 0.05) is 25.2 Å². The summed E-state index contributed by atoms with van der Waals surface area (Å²) in [4.78, 5) is 14.8. The molecule has 1 aromatic heterocycles. The number of benzene rings is 2. The van der Waals surface area contributed by atoms with Gasteiger partial charge in [-0.2, -0.15) is 0 Å². The number of halogens is 1. The van der Waals surface area contributed by atoms with Crippen molar-refractivity contribution in [2.24, 2.45) is 0 Å². The summed E-state index contributed by atoms with van der Waals surface area (Å²) >= 11 is 1.31. The van der Waals surface area contributed by atoms with Crippen molar-refractivity contribution in [1.29, 1.82) is 0 Å². The van der Waals surface area contributed by atoms with E-state index in [9.17, 15) is 9.18 Å². The van der Waals surface area contributed by atoms with Gasteiger partial charge in [-0.3, -0.25) is 4.79 Å². The van der Waals surface area contributed by atoms with E-state index in [0.29, 0.717) is 11.7 Å². The van der Waals surface area contributed by atoms with Gasteiger partial charge in [0.05, 0.1) is 11.4 Å². The molecule has 0 bridgehead atoms. The van der Waals surface area contributed by atoms with Crippen LogP contribution in [-0.2, 0) is 11.3 Å². The summed E-state index contributed by atoms with van der Waals surface area (Å²) < 4.78 is 16.5. The second kappa shape index (κ2) is 9.51. The Morgan fingerprint density at radius 3 is 2.65 bits per heavy atom. The number of anilines is 2. The fourth-order valence-corrected chi connectivity index (χ4v) is 4.67. The molecule has 2 heterocycles. The number of thioether (sulfide) groups is 1. The van der Waals surface area contributed by atoms with Crippen LogP contribution < -0.4 is 10.2 Å². The summed E-state index contributed by atoms with van der Waals surface area (Å²) in [7, 11) is 0. The Labute approximate surface area is 185 Å². The molecule has 0 radical (unpaired) electrons. The van der Waals surface area contributed by atoms with Gasteiger partial charge in [-0.1, -0.05) is 42.1 Å². The van der Waals surface area contributed by atoms with Crippen LogP contribution in [-0.4, -0.2) is 39.5 Å². The van der Waals surface area contributed by atoms with E-state index in [1.807, 2.05) is 48.7 Å². The molecule has 1 aliphatic rings. The van der Waals surface area contributed by atoms with Crippen LogP contribution in [0.25, 0.3) is 11.4 Å². The molecule has 4 rings (SSSR count). The average Bonchev–Trinajstić information content (AvgIpc) is 3.44. The molecule has 1 N–H and O–H groups in total. The van der Waals surface area contributed by atoms with Crippen LogP contribution in [0.4, 0.5) is 15.8 Å². The van der Waals surface area contributed by atoms with E-state index < -0.39 is 5.82 Å². The van der Waals surface area contributed by atoms with Crippen molar-refractivity contribution in [3.8, 4) is 11.4 Å². The van der Waals surface area contributed by atoms with Gasteiger partial charge in [0.25, 0.3) is 0 Å². The number of para-hydroxylation sites is 1. The Morgan fingerprint density at radius 2 is 1.90 bits per heavy atom. The Morgan fingerprint density at radius 1 is 1.13 bits per heavy atom. The van der Waals surface area contributed by atoms with E-state index in [-0.39, 0.29) is 17.3 Å². The van der Waals surface area contributed by atoms with Crippen molar-refractivity contribution < 1.29 is 9.18 Å². The van der Waals surface area contributed by atoms with Crippen molar-refractivity contribution in [3.05, 3.63) is 53.8 Å². The van der Waals surface area contributed by atoms with E-state index in [2.05, 4.69) is 20.4 Å². The Bertz CT molecular complexity index is 1080. The molecule has 0 unspecified atom stereocenters. The van der Waals surface area contributed by atoms with E-state index >= 15 is 0 Å². The second-order valence-electron chi connectivity index (χ2n) is 7.53. The molecule has 2 aromatic carbocycles. The normalized spacial score (nSPS) is 13.6. The van der Waals surface area contributed by atoms with Gasteiger partial charge in [0.2, 0.25) is 5.91 Å². The highest BCUT2D eigenvalue weighted by atomic mass is 32.2. The third-order valence-corrected chi connectivity index (χ3v) is 6.42. The summed E-state index contributed by atoms with van der Waals surface area (Å²) in [5.41, 5.74) is 3.14. The summed E-state index contributed by atoms with van der Waals surface area (Å²) in [6, 6.07) is 12.9. The minimum atomic E-state index is -0.415. The first-order chi connectivity index (χ1) is 15.1. The van der Waals surface area contributed by atoms with Crippen molar-refractivity contribution in [1.82, 2.24) is 14.8 Å². The lowest BCUT2D eigenvalue weighted by molar-refractivity contribution is -0.113. The number of aryl methyl sites for hydroxylation is 1. The summed E-state index contributed by atoms with van der Waals surface area (Å²) in [5, 5.41) is 12.1. The van der Waals surface area contributed by atoms with Gasteiger partial charge in [-0.05, 0) is 44.4 Å². The summed E-state index contributed by atoms with van der Waals surface area (Å²) in [6.45, 7) is 6.51. The minimum Gasteiger partial charge on any atom is -0.370 e. The molecule has 1 saturated heterocycles. The average molecular weight is 440 g/mol. The van der Waals surface area contributed by atoms with E-state index in [1.165, 1.54) is 17.8 Å². The first-order valence-corrected chi connectivity index (χ1v) is 11.5. The molecular formula is C23H26FN5OS. The monoisotopic (exact) mass is 439 g/mol. The lowest BCUT2D eigenvalue weighted by atomic mass is 10.1. The molecule has 0 spiro atoms. The molecule has 1 amide bonds. The van der Waals surface area contributed by atoms with Crippen molar-refractivity contribution in [3.63, 3.8) is 0 Å². The summed E-state index contributed by atoms with van der Waals surface area (Å²) in [5.74, 6) is 0.230. The lowest BCUT2D eigenvalue weighted by Gasteiger charge is -2.22. The number of nitrogens with zero attached hydrogens (tertiary/aromatic N) is 4. The lowest BCUT2D eigenvalue weighted by Crippen LogP contribution is -2.22. The number of hydrogen-bond acceptors (Lipinski definition) is 5. The van der Waals surface area contributed by atoms with Crippen molar-refractivity contribution in [2.45, 2.75) is 38.4 Å². The molecule has 0 aliphatic carbocycles. The fraction of sp³-hybridized carbons (Fsp3) is 0.348. The number of carbonyl (C=O) groups is 1. The van der Waals surface area contributed by atoms with Crippen LogP contribution in [0.2, 0.25) is 0 Å². The SMILES string of the molecule is CCn1c(SCC(=O)Nc2c(F)cccc2N2CCCC2)nnc1-c1ccccc1C. The van der Waals surface area contributed by atoms with Gasteiger partial charge >= 0.3 is 0 Å². The predicted octanol–water partition coefficient (Wildman–Crippen LogP) is 4.74. The topological polar surface area (TPSA) is 63.1 Å². The van der Waals surface area contributed by atoms with Crippen LogP contribution in [0.15, 0.2) is 47.6 Å². The molecule has 1 fully saturated rings. The quantitative estimate of drug-likeness (QED) is 0.539. The van der Waals surface area contributed by atoms with Gasteiger partial charge < -0.3 is 14.8 Å². The fourth-order valence-electron chi connectivity index (χ4n) is 3.87. The number of amides is 1. The van der Waals surface area contributed by atoms with Gasteiger partial charge in [-0.15, -0.1) is 10.2 Å². The van der Waals surface area contributed by atoms with E-state index in [0.717, 1.165) is 48.6 Å². The maximum Gasteiger partial charge on any atom is 0.234 e. The van der Waals surface area contributed by atoms with Crippen LogP contribution in [0, 0.1) is 12.7 Å². The minimum absolute atomic E-state index is 0.125. The molecule has 3 aromatic rings. The first-order valence-electron chi connectivity index (χ1n) is 10.5. The molecule has 162 valence electrons. The highest BCUT2D eigenvalue weighted by Gasteiger charge is 2.21. The highest BCUT2D eigenvalue weighted by Crippen LogP contribution is 2.32. The Hall–Kier alpha value is -2.87. The zero-order chi connectivity index (χ0) is 21.8. The molecule has 31 heavy (non-hydrogen) atoms. The molecule has 1 aliphatic heterocycles. The molecule has 0 atom stereocenters. The van der Waals surface area contributed by atoms with Crippen molar-refractivity contribution >= 4 is 29.0 Å². The molecule has 8 heteroatoms. The molecular weight excluding hydrogens is 413 g/mol. The smallest absolute Gasteiger partial charge is 0.234 e. The maximum absolute atomic E-state index is 14.5. The molecule has 0 saturated carbocycles. The number of aromatic nitrogens is 3. The van der Waals surface area contributed by atoms with Gasteiger partial charge in [0.15, 0.2) is 11.0 Å². The van der Waals surface area contributed by atoms with Crippen LogP contribution >= 0.6 is 11.8 Å². The van der Waals surface area contributed by atoms with Gasteiger partial charge in [-0.25, -0.2) is 4.39 Å². The van der Waals surface area contributed by atoms with Crippen LogP contribution in [0.5, 0.6) is 0 Å². The number of carbonyl (C=O) groups excluding carboxylic acids is 1.